The van der Waals surface area contributed by atoms with Gasteiger partial charge in [-0.05, 0) is 31.2 Å². The molecular weight excluding hydrogens is 251 g/mol. The predicted molar refractivity (Wildman–Crippen MR) is 69.3 cm³/mol. The molecule has 5 heteroatoms. The predicted octanol–water partition coefficient (Wildman–Crippen LogP) is 2.56. The minimum atomic E-state index is -0.343. The maximum absolute atomic E-state index is 12.7. The molecule has 1 heterocycles. The van der Waals surface area contributed by atoms with Crippen molar-refractivity contribution in [3.8, 4) is 0 Å². The van der Waals surface area contributed by atoms with Crippen LogP contribution in [0.3, 0.4) is 0 Å². The van der Waals surface area contributed by atoms with Gasteiger partial charge < -0.3 is 5.32 Å². The third-order valence-electron chi connectivity index (χ3n) is 2.44. The maximum Gasteiger partial charge on any atom is 0.251 e. The van der Waals surface area contributed by atoms with Crippen LogP contribution in [0.4, 0.5) is 4.39 Å². The van der Waals surface area contributed by atoms with Gasteiger partial charge >= 0.3 is 0 Å². The van der Waals surface area contributed by atoms with Gasteiger partial charge in [-0.3, -0.25) is 4.79 Å². The molecule has 0 aliphatic carbocycles. The molecule has 0 saturated carbocycles. The molecule has 2 rings (SSSR count). The fraction of sp³-hybridized carbons (Fsp3) is 0.231. The monoisotopic (exact) mass is 264 g/mol. The lowest BCUT2D eigenvalue weighted by Gasteiger charge is -2.03. The van der Waals surface area contributed by atoms with Crippen LogP contribution in [0.25, 0.3) is 0 Å². The number of aryl methyl sites for hydroxylation is 1. The fourth-order valence-electron chi connectivity index (χ4n) is 1.53. The molecule has 1 N–H and O–H groups in total. The van der Waals surface area contributed by atoms with Gasteiger partial charge in [0.05, 0.1) is 10.7 Å². The molecule has 3 nitrogen and oxygen atoms in total. The van der Waals surface area contributed by atoms with Gasteiger partial charge in [0.1, 0.15) is 5.82 Å². The number of hydrogen-bond acceptors (Lipinski definition) is 3. The molecule has 18 heavy (non-hydrogen) atoms. The number of carbonyl (C=O) groups excluding carboxylic acids is 1. The van der Waals surface area contributed by atoms with Crippen LogP contribution in [0.15, 0.2) is 29.6 Å². The van der Waals surface area contributed by atoms with E-state index in [2.05, 4.69) is 10.3 Å². The number of halogens is 1. The molecule has 0 radical (unpaired) electrons. The SMILES string of the molecule is Cc1nc(CCNC(=O)c2ccc(F)cc2)cs1. The van der Waals surface area contributed by atoms with E-state index in [0.29, 0.717) is 18.5 Å². The zero-order valence-electron chi connectivity index (χ0n) is 9.94. The molecule has 0 bridgehead atoms. The highest BCUT2D eigenvalue weighted by molar-refractivity contribution is 7.09. The molecule has 0 spiro atoms. The lowest BCUT2D eigenvalue weighted by atomic mass is 10.2. The number of aromatic nitrogens is 1. The number of nitrogens with zero attached hydrogens (tertiary/aromatic N) is 1. The van der Waals surface area contributed by atoms with Gasteiger partial charge in [-0.2, -0.15) is 0 Å². The summed E-state index contributed by atoms with van der Waals surface area (Å²) in [6, 6.07) is 5.49. The molecule has 0 saturated heterocycles. The van der Waals surface area contributed by atoms with E-state index in [1.807, 2.05) is 12.3 Å². The largest absolute Gasteiger partial charge is 0.352 e. The summed E-state index contributed by atoms with van der Waals surface area (Å²) in [5.41, 5.74) is 1.45. The van der Waals surface area contributed by atoms with E-state index >= 15 is 0 Å². The Morgan fingerprint density at radius 3 is 2.72 bits per heavy atom. The fourth-order valence-corrected chi connectivity index (χ4v) is 2.18. The topological polar surface area (TPSA) is 42.0 Å². The molecule has 2 aromatic rings. The number of carbonyl (C=O) groups is 1. The highest BCUT2D eigenvalue weighted by Gasteiger charge is 2.05. The van der Waals surface area contributed by atoms with Gasteiger partial charge in [0.25, 0.3) is 5.91 Å². The zero-order valence-corrected chi connectivity index (χ0v) is 10.8. The van der Waals surface area contributed by atoms with E-state index in [-0.39, 0.29) is 11.7 Å². The Hall–Kier alpha value is -1.75. The first kappa shape index (κ1) is 12.7. The van der Waals surface area contributed by atoms with Crippen molar-refractivity contribution in [1.82, 2.24) is 10.3 Å². The van der Waals surface area contributed by atoms with Gasteiger partial charge in [-0.15, -0.1) is 11.3 Å². The average molecular weight is 264 g/mol. The van der Waals surface area contributed by atoms with Crippen molar-refractivity contribution in [2.24, 2.45) is 0 Å². The summed E-state index contributed by atoms with van der Waals surface area (Å²) in [6.07, 6.45) is 0.706. The van der Waals surface area contributed by atoms with Crippen LogP contribution in [-0.2, 0) is 6.42 Å². The summed E-state index contributed by atoms with van der Waals surface area (Å²) < 4.78 is 12.7. The lowest BCUT2D eigenvalue weighted by molar-refractivity contribution is 0.0954. The van der Waals surface area contributed by atoms with Crippen molar-refractivity contribution < 1.29 is 9.18 Å². The van der Waals surface area contributed by atoms with Gasteiger partial charge in [-0.1, -0.05) is 0 Å². The van der Waals surface area contributed by atoms with E-state index in [1.165, 1.54) is 24.3 Å². The summed E-state index contributed by atoms with van der Waals surface area (Å²) in [6.45, 7) is 2.48. The molecule has 1 aromatic carbocycles. The van der Waals surface area contributed by atoms with Crippen LogP contribution in [0.5, 0.6) is 0 Å². The molecule has 1 amide bonds. The standard InChI is InChI=1S/C13H13FN2OS/c1-9-16-12(8-18-9)6-7-15-13(17)10-2-4-11(14)5-3-10/h2-5,8H,6-7H2,1H3,(H,15,17). The summed E-state index contributed by atoms with van der Waals surface area (Å²) >= 11 is 1.60. The van der Waals surface area contributed by atoms with Crippen molar-refractivity contribution in [2.45, 2.75) is 13.3 Å². The first-order chi connectivity index (χ1) is 8.65. The third-order valence-corrected chi connectivity index (χ3v) is 3.26. The Bertz CT molecular complexity index is 536. The molecule has 0 atom stereocenters. The van der Waals surface area contributed by atoms with Crippen LogP contribution in [-0.4, -0.2) is 17.4 Å². The highest BCUT2D eigenvalue weighted by atomic mass is 32.1. The Morgan fingerprint density at radius 1 is 1.39 bits per heavy atom. The van der Waals surface area contributed by atoms with Crippen LogP contribution in [0.2, 0.25) is 0 Å². The molecule has 94 valence electrons. The van der Waals surface area contributed by atoms with Crippen LogP contribution in [0.1, 0.15) is 21.1 Å². The summed E-state index contributed by atoms with van der Waals surface area (Å²) in [5.74, 6) is -0.536. The Labute approximate surface area is 109 Å². The molecule has 1 aromatic heterocycles. The lowest BCUT2D eigenvalue weighted by Crippen LogP contribution is -2.25. The normalized spacial score (nSPS) is 10.3. The van der Waals surface area contributed by atoms with Crippen LogP contribution < -0.4 is 5.32 Å². The summed E-state index contributed by atoms with van der Waals surface area (Å²) in [4.78, 5) is 16.0. The number of rotatable bonds is 4. The number of nitrogens with one attached hydrogen (secondary N) is 1. The molecule has 0 aliphatic rings. The average Bonchev–Trinajstić information content (AvgIpc) is 2.76. The van der Waals surface area contributed by atoms with E-state index < -0.39 is 0 Å². The Balaban J connectivity index is 1.83. The quantitative estimate of drug-likeness (QED) is 0.922. The third kappa shape index (κ3) is 3.37. The summed E-state index contributed by atoms with van der Waals surface area (Å²) in [7, 11) is 0. The van der Waals surface area contributed by atoms with Crippen LogP contribution >= 0.6 is 11.3 Å². The molecule has 0 aliphatic heterocycles. The highest BCUT2D eigenvalue weighted by Crippen LogP contribution is 2.08. The minimum absolute atomic E-state index is 0.193. The van der Waals surface area contributed by atoms with Crippen molar-refractivity contribution in [2.75, 3.05) is 6.54 Å². The second-order valence-electron chi connectivity index (χ2n) is 3.87. The molecule has 0 unspecified atom stereocenters. The van der Waals surface area contributed by atoms with Gasteiger partial charge in [0.15, 0.2) is 0 Å². The van der Waals surface area contributed by atoms with Crippen molar-refractivity contribution in [1.29, 1.82) is 0 Å². The molecule has 0 fully saturated rings. The van der Waals surface area contributed by atoms with Gasteiger partial charge in [-0.25, -0.2) is 9.37 Å². The van der Waals surface area contributed by atoms with E-state index in [4.69, 9.17) is 0 Å². The molecular formula is C13H13FN2OS. The number of thiazole rings is 1. The number of hydrogen-bond donors (Lipinski definition) is 1. The Morgan fingerprint density at radius 2 is 2.11 bits per heavy atom. The minimum Gasteiger partial charge on any atom is -0.352 e. The zero-order chi connectivity index (χ0) is 13.0. The first-order valence-electron chi connectivity index (χ1n) is 5.60. The second kappa shape index (κ2) is 5.73. The van der Waals surface area contributed by atoms with Gasteiger partial charge in [0, 0.05) is 23.9 Å². The van der Waals surface area contributed by atoms with Crippen molar-refractivity contribution in [3.05, 3.63) is 51.7 Å². The summed E-state index contributed by atoms with van der Waals surface area (Å²) in [5, 5.41) is 5.79. The Kier molecular flexibility index (Phi) is 4.04. The van der Waals surface area contributed by atoms with Gasteiger partial charge in [0.2, 0.25) is 0 Å². The second-order valence-corrected chi connectivity index (χ2v) is 4.93. The van der Waals surface area contributed by atoms with Crippen molar-refractivity contribution >= 4 is 17.2 Å². The maximum atomic E-state index is 12.7. The van der Waals surface area contributed by atoms with E-state index in [0.717, 1.165) is 10.7 Å². The van der Waals surface area contributed by atoms with E-state index in [9.17, 15) is 9.18 Å². The number of amides is 1. The van der Waals surface area contributed by atoms with E-state index in [1.54, 1.807) is 11.3 Å². The smallest absolute Gasteiger partial charge is 0.251 e. The number of benzene rings is 1. The van der Waals surface area contributed by atoms with Crippen LogP contribution in [0, 0.1) is 12.7 Å². The first-order valence-corrected chi connectivity index (χ1v) is 6.48. The van der Waals surface area contributed by atoms with Crippen molar-refractivity contribution in [3.63, 3.8) is 0 Å².